The highest BCUT2D eigenvalue weighted by Gasteiger charge is 2.18. The van der Waals surface area contributed by atoms with Crippen LogP contribution in [0, 0.1) is 0 Å². The summed E-state index contributed by atoms with van der Waals surface area (Å²) in [5, 5.41) is 0. The van der Waals surface area contributed by atoms with Crippen molar-refractivity contribution < 1.29 is 14.3 Å². The molecule has 0 aliphatic heterocycles. The Morgan fingerprint density at radius 1 is 0.812 bits per heavy atom. The molecule has 0 spiro atoms. The topological polar surface area (TPSA) is 38.8 Å². The van der Waals surface area contributed by atoms with Crippen LogP contribution in [0.4, 0.5) is 10.5 Å². The van der Waals surface area contributed by atoms with Crippen molar-refractivity contribution in [2.24, 2.45) is 0 Å². The number of hydrogen-bond acceptors (Lipinski definition) is 4. The Hall–Kier alpha value is -3.27. The second-order valence-electron chi connectivity index (χ2n) is 7.75. The van der Waals surface area contributed by atoms with Crippen molar-refractivity contribution >= 4 is 11.8 Å². The van der Waals surface area contributed by atoms with Crippen molar-refractivity contribution in [3.05, 3.63) is 96.6 Å². The first-order chi connectivity index (χ1) is 15.5. The molecule has 0 fully saturated rings. The Morgan fingerprint density at radius 3 is 1.81 bits per heavy atom. The van der Waals surface area contributed by atoms with Gasteiger partial charge in [0.15, 0.2) is 0 Å². The highest BCUT2D eigenvalue weighted by Crippen LogP contribution is 2.20. The summed E-state index contributed by atoms with van der Waals surface area (Å²) in [5.74, 6) is 0.947. The molecule has 0 N–H and O–H groups in total. The lowest BCUT2D eigenvalue weighted by molar-refractivity contribution is 0.0594. The number of carbonyl (C=O) groups excluding carboxylic acids is 1. The largest absolute Gasteiger partial charge is 0.514 e. The first-order valence-electron chi connectivity index (χ1n) is 11.3. The third kappa shape index (κ3) is 8.84. The van der Waals surface area contributed by atoms with E-state index in [1.54, 1.807) is 12.1 Å². The van der Waals surface area contributed by atoms with E-state index in [9.17, 15) is 4.79 Å². The fourth-order valence-electron chi connectivity index (χ4n) is 3.11. The Balaban J connectivity index is 0.000000520. The number of anilines is 1. The summed E-state index contributed by atoms with van der Waals surface area (Å²) in [5.41, 5.74) is 2.33. The van der Waals surface area contributed by atoms with Gasteiger partial charge in [0.2, 0.25) is 0 Å². The van der Waals surface area contributed by atoms with E-state index in [0.29, 0.717) is 18.2 Å². The standard InChI is InChI=1S/C22H29NO3.C6H6/c1-5-20(16-23(6-2)19-10-8-7-9-11-19)25-22(24)26-21-14-12-18(13-15-21)17(3)4;1-2-4-6-5-3-1/h7-15,17,20H,5-6,16H2,1-4H3;1-6H. The maximum absolute atomic E-state index is 12.1. The molecule has 0 saturated heterocycles. The van der Waals surface area contributed by atoms with Gasteiger partial charge in [0.1, 0.15) is 11.9 Å². The zero-order valence-electron chi connectivity index (χ0n) is 19.6. The number of rotatable bonds is 8. The molecule has 170 valence electrons. The predicted molar refractivity (Wildman–Crippen MR) is 132 cm³/mol. The fourth-order valence-corrected chi connectivity index (χ4v) is 3.11. The molecule has 1 unspecified atom stereocenters. The van der Waals surface area contributed by atoms with Gasteiger partial charge in [-0.25, -0.2) is 4.79 Å². The monoisotopic (exact) mass is 433 g/mol. The van der Waals surface area contributed by atoms with Crippen molar-refractivity contribution in [2.45, 2.75) is 46.1 Å². The number of nitrogens with zero attached hydrogens (tertiary/aromatic N) is 1. The lowest BCUT2D eigenvalue weighted by Crippen LogP contribution is -2.35. The summed E-state index contributed by atoms with van der Waals surface area (Å²) < 4.78 is 10.9. The molecule has 4 heteroatoms. The van der Waals surface area contributed by atoms with Crippen LogP contribution >= 0.6 is 0 Å². The fraction of sp³-hybridized carbons (Fsp3) is 0.321. The zero-order valence-corrected chi connectivity index (χ0v) is 19.6. The molecule has 1 atom stereocenters. The van der Waals surface area contributed by atoms with Crippen molar-refractivity contribution in [3.63, 3.8) is 0 Å². The molecule has 3 aromatic rings. The van der Waals surface area contributed by atoms with E-state index in [1.807, 2.05) is 73.7 Å². The predicted octanol–water partition coefficient (Wildman–Crippen LogP) is 7.32. The first kappa shape index (κ1) is 25.0. The third-order valence-corrected chi connectivity index (χ3v) is 5.06. The van der Waals surface area contributed by atoms with Crippen LogP contribution in [0.1, 0.15) is 45.6 Å². The molecule has 0 heterocycles. The van der Waals surface area contributed by atoms with Crippen LogP contribution in [-0.4, -0.2) is 25.3 Å². The highest BCUT2D eigenvalue weighted by atomic mass is 16.7. The molecule has 3 rings (SSSR count). The van der Waals surface area contributed by atoms with Crippen molar-refractivity contribution in [2.75, 3.05) is 18.0 Å². The minimum Gasteiger partial charge on any atom is -0.429 e. The van der Waals surface area contributed by atoms with E-state index in [0.717, 1.165) is 18.7 Å². The van der Waals surface area contributed by atoms with Crippen molar-refractivity contribution in [1.29, 1.82) is 0 Å². The van der Waals surface area contributed by atoms with E-state index in [2.05, 4.69) is 37.8 Å². The van der Waals surface area contributed by atoms with Crippen molar-refractivity contribution in [1.82, 2.24) is 0 Å². The van der Waals surface area contributed by atoms with Crippen molar-refractivity contribution in [3.8, 4) is 5.75 Å². The van der Waals surface area contributed by atoms with Gasteiger partial charge >= 0.3 is 6.16 Å². The second kappa shape index (κ2) is 13.9. The third-order valence-electron chi connectivity index (χ3n) is 5.06. The van der Waals surface area contributed by atoms with Crippen LogP contribution < -0.4 is 9.64 Å². The Labute approximate surface area is 192 Å². The zero-order chi connectivity index (χ0) is 23.2. The maximum Gasteiger partial charge on any atom is 0.514 e. The number of ether oxygens (including phenoxy) is 2. The van der Waals surface area contributed by atoms with Gasteiger partial charge in [0.05, 0.1) is 6.54 Å². The number of hydrogen-bond donors (Lipinski definition) is 0. The number of carbonyl (C=O) groups is 1. The Kier molecular flexibility index (Phi) is 10.9. The molecule has 0 aliphatic rings. The number of likely N-dealkylation sites (N-methyl/N-ethyl adjacent to an activating group) is 1. The normalized spacial score (nSPS) is 11.2. The van der Waals surface area contributed by atoms with E-state index < -0.39 is 6.16 Å². The smallest absolute Gasteiger partial charge is 0.429 e. The molecule has 0 bridgehead atoms. The number of benzene rings is 3. The van der Waals surface area contributed by atoms with Crippen LogP contribution in [0.5, 0.6) is 5.75 Å². The SMILES string of the molecule is CCC(CN(CC)c1ccccc1)OC(=O)Oc1ccc(C(C)C)cc1.c1ccccc1. The first-order valence-corrected chi connectivity index (χ1v) is 11.3. The Bertz CT molecular complexity index is 853. The van der Waals surface area contributed by atoms with E-state index >= 15 is 0 Å². The van der Waals surface area contributed by atoms with Crippen LogP contribution in [0.15, 0.2) is 91.0 Å². The minimum absolute atomic E-state index is 0.224. The van der Waals surface area contributed by atoms with Crippen LogP contribution in [0.25, 0.3) is 0 Å². The van der Waals surface area contributed by atoms with Gasteiger partial charge in [0, 0.05) is 12.2 Å². The van der Waals surface area contributed by atoms with E-state index in [4.69, 9.17) is 9.47 Å². The highest BCUT2D eigenvalue weighted by molar-refractivity contribution is 5.64. The molecule has 0 radical (unpaired) electrons. The lowest BCUT2D eigenvalue weighted by atomic mass is 10.0. The summed E-state index contributed by atoms with van der Waals surface area (Å²) in [6.07, 6.45) is -0.152. The van der Waals surface area contributed by atoms with Crippen LogP contribution in [-0.2, 0) is 4.74 Å². The molecule has 4 nitrogen and oxygen atoms in total. The summed E-state index contributed by atoms with van der Waals surface area (Å²) in [4.78, 5) is 14.3. The minimum atomic E-state index is -0.654. The Morgan fingerprint density at radius 2 is 1.34 bits per heavy atom. The van der Waals surface area contributed by atoms with Gasteiger partial charge in [-0.1, -0.05) is 87.5 Å². The molecule has 0 aromatic heterocycles. The van der Waals surface area contributed by atoms with Gasteiger partial charge in [-0.2, -0.15) is 0 Å². The van der Waals surface area contributed by atoms with E-state index in [-0.39, 0.29) is 6.10 Å². The second-order valence-corrected chi connectivity index (χ2v) is 7.75. The summed E-state index contributed by atoms with van der Waals surface area (Å²) in [7, 11) is 0. The molecular weight excluding hydrogens is 398 g/mol. The maximum atomic E-state index is 12.1. The molecule has 3 aromatic carbocycles. The average molecular weight is 434 g/mol. The van der Waals surface area contributed by atoms with E-state index in [1.165, 1.54) is 5.56 Å². The molecule has 0 saturated carbocycles. The van der Waals surface area contributed by atoms with Gasteiger partial charge < -0.3 is 14.4 Å². The van der Waals surface area contributed by atoms with Crippen LogP contribution in [0.3, 0.4) is 0 Å². The van der Waals surface area contributed by atoms with Gasteiger partial charge in [-0.05, 0) is 49.1 Å². The molecule has 0 amide bonds. The quantitative estimate of drug-likeness (QED) is 0.276. The molecule has 32 heavy (non-hydrogen) atoms. The van der Waals surface area contributed by atoms with Crippen LogP contribution in [0.2, 0.25) is 0 Å². The van der Waals surface area contributed by atoms with Gasteiger partial charge in [-0.15, -0.1) is 0 Å². The summed E-state index contributed by atoms with van der Waals surface area (Å²) in [6.45, 7) is 9.83. The average Bonchev–Trinajstić information content (AvgIpc) is 2.84. The molecule has 0 aliphatic carbocycles. The summed E-state index contributed by atoms with van der Waals surface area (Å²) >= 11 is 0. The lowest BCUT2D eigenvalue weighted by Gasteiger charge is -2.27. The number of para-hydroxylation sites is 1. The van der Waals surface area contributed by atoms with Gasteiger partial charge in [0.25, 0.3) is 0 Å². The molecular formula is C28H35NO3. The summed E-state index contributed by atoms with van der Waals surface area (Å²) in [6, 6.07) is 29.7. The van der Waals surface area contributed by atoms with Gasteiger partial charge in [-0.3, -0.25) is 0 Å².